The van der Waals surface area contributed by atoms with E-state index in [1.807, 2.05) is 31.5 Å². The van der Waals surface area contributed by atoms with Crippen LogP contribution in [0.3, 0.4) is 0 Å². The molecule has 24 heavy (non-hydrogen) atoms. The fourth-order valence-electron chi connectivity index (χ4n) is 2.69. The van der Waals surface area contributed by atoms with E-state index in [2.05, 4.69) is 20.6 Å². The Hall–Kier alpha value is -2.67. The summed E-state index contributed by atoms with van der Waals surface area (Å²) in [4.78, 5) is 10.1. The molecule has 2 atom stereocenters. The Bertz CT molecular complexity index is 765. The van der Waals surface area contributed by atoms with E-state index in [1.54, 1.807) is 36.8 Å². The summed E-state index contributed by atoms with van der Waals surface area (Å²) in [6.45, 7) is 6.37. The molecule has 3 rings (SSSR count). The van der Waals surface area contributed by atoms with E-state index in [4.69, 9.17) is 4.84 Å². The van der Waals surface area contributed by atoms with Crippen LogP contribution in [0.5, 0.6) is 0 Å². The Balaban J connectivity index is 2.14. The number of hydrogen-bond acceptors (Lipinski definition) is 6. The van der Waals surface area contributed by atoms with Crippen LogP contribution in [-0.4, -0.2) is 25.6 Å². The van der Waals surface area contributed by atoms with Crippen molar-refractivity contribution in [2.75, 3.05) is 5.32 Å². The van der Waals surface area contributed by atoms with Gasteiger partial charge in [0.05, 0.1) is 23.2 Å². The van der Waals surface area contributed by atoms with Crippen LogP contribution in [0.15, 0.2) is 48.0 Å². The first-order valence-corrected chi connectivity index (χ1v) is 7.87. The van der Waals surface area contributed by atoms with Gasteiger partial charge in [-0.3, -0.25) is 4.98 Å². The third-order valence-corrected chi connectivity index (χ3v) is 3.86. The summed E-state index contributed by atoms with van der Waals surface area (Å²) in [6.07, 6.45) is 5.79. The highest BCUT2D eigenvalue weighted by Gasteiger charge is 2.47. The zero-order valence-corrected chi connectivity index (χ0v) is 14.0. The Morgan fingerprint density at radius 1 is 1.46 bits per heavy atom. The Morgan fingerprint density at radius 2 is 2.29 bits per heavy atom. The lowest BCUT2D eigenvalue weighted by Crippen LogP contribution is -2.36. The molecule has 0 radical (unpaired) electrons. The summed E-state index contributed by atoms with van der Waals surface area (Å²) in [7, 11) is 0. The van der Waals surface area contributed by atoms with Crippen LogP contribution < -0.4 is 5.32 Å². The number of rotatable bonds is 5. The molecule has 7 heteroatoms. The number of nitrogens with zero attached hydrogens (tertiary/aromatic N) is 4. The van der Waals surface area contributed by atoms with E-state index in [-0.39, 0.29) is 0 Å². The van der Waals surface area contributed by atoms with Gasteiger partial charge in [0.25, 0.3) is 0 Å². The summed E-state index contributed by atoms with van der Waals surface area (Å²) in [5, 5.41) is 22.7. The zero-order chi connectivity index (χ0) is 17.2. The number of pyridine rings is 1. The fourth-order valence-corrected chi connectivity index (χ4v) is 2.69. The van der Waals surface area contributed by atoms with Crippen molar-refractivity contribution in [1.82, 2.24) is 14.8 Å². The third-order valence-electron chi connectivity index (χ3n) is 3.86. The highest BCUT2D eigenvalue weighted by molar-refractivity contribution is 5.78. The topological polar surface area (TPSA) is 84.6 Å². The molecule has 126 valence electrons. The number of aliphatic hydroxyl groups excluding tert-OH is 1. The quantitative estimate of drug-likeness (QED) is 0.651. The van der Waals surface area contributed by atoms with Crippen LogP contribution in [0.1, 0.15) is 38.1 Å². The number of aryl methyl sites for hydroxylation is 1. The lowest BCUT2D eigenvalue weighted by atomic mass is 9.86. The first-order valence-electron chi connectivity index (χ1n) is 7.87. The molecular formula is C17H21N5O2. The van der Waals surface area contributed by atoms with Gasteiger partial charge in [0.1, 0.15) is 11.9 Å². The van der Waals surface area contributed by atoms with Gasteiger partial charge in [0.15, 0.2) is 0 Å². The SMILES string of the molecule is CCn1ncc2c1NC=CC2(ON=C(C)C)C(O)c1ccccn1. The van der Waals surface area contributed by atoms with Gasteiger partial charge in [-0.2, -0.15) is 5.10 Å². The predicted octanol–water partition coefficient (Wildman–Crippen LogP) is 2.58. The number of aromatic nitrogens is 3. The first-order chi connectivity index (χ1) is 11.6. The molecule has 0 aliphatic carbocycles. The largest absolute Gasteiger partial charge is 0.382 e. The molecular weight excluding hydrogens is 306 g/mol. The molecule has 0 saturated carbocycles. The van der Waals surface area contributed by atoms with Crippen molar-refractivity contribution in [3.05, 3.63) is 54.1 Å². The monoisotopic (exact) mass is 327 g/mol. The van der Waals surface area contributed by atoms with E-state index < -0.39 is 11.7 Å². The van der Waals surface area contributed by atoms with Crippen molar-refractivity contribution in [2.45, 2.75) is 39.0 Å². The maximum atomic E-state index is 11.1. The van der Waals surface area contributed by atoms with Crippen LogP contribution >= 0.6 is 0 Å². The minimum atomic E-state index is -1.19. The minimum Gasteiger partial charge on any atom is -0.382 e. The maximum Gasteiger partial charge on any atom is 0.218 e. The third kappa shape index (κ3) is 2.67. The summed E-state index contributed by atoms with van der Waals surface area (Å²) in [5.74, 6) is 0.777. The maximum absolute atomic E-state index is 11.1. The fraction of sp³-hybridized carbons (Fsp3) is 0.353. The Labute approximate surface area is 140 Å². The summed E-state index contributed by atoms with van der Waals surface area (Å²) in [6, 6.07) is 5.39. The van der Waals surface area contributed by atoms with Crippen molar-refractivity contribution in [1.29, 1.82) is 0 Å². The van der Waals surface area contributed by atoms with Gasteiger partial charge in [-0.1, -0.05) is 11.2 Å². The molecule has 0 aromatic carbocycles. The van der Waals surface area contributed by atoms with E-state index >= 15 is 0 Å². The number of fused-ring (bicyclic) bond motifs is 1. The Kier molecular flexibility index (Phi) is 4.35. The molecule has 0 bridgehead atoms. The van der Waals surface area contributed by atoms with E-state index in [9.17, 15) is 5.11 Å². The molecule has 2 aromatic rings. The molecule has 0 spiro atoms. The molecule has 0 fully saturated rings. The van der Waals surface area contributed by atoms with E-state index in [0.717, 1.165) is 17.1 Å². The lowest BCUT2D eigenvalue weighted by Gasteiger charge is -2.35. The van der Waals surface area contributed by atoms with Crippen LogP contribution in [-0.2, 0) is 17.0 Å². The molecule has 0 amide bonds. The van der Waals surface area contributed by atoms with Crippen molar-refractivity contribution in [3.63, 3.8) is 0 Å². The van der Waals surface area contributed by atoms with Gasteiger partial charge in [-0.25, -0.2) is 4.68 Å². The van der Waals surface area contributed by atoms with E-state index in [1.165, 1.54) is 0 Å². The van der Waals surface area contributed by atoms with Crippen LogP contribution in [0.25, 0.3) is 0 Å². The number of oxime groups is 1. The molecule has 2 N–H and O–H groups in total. The molecule has 1 aliphatic heterocycles. The van der Waals surface area contributed by atoms with Gasteiger partial charge in [-0.15, -0.1) is 0 Å². The number of aliphatic hydroxyl groups is 1. The predicted molar refractivity (Wildman–Crippen MR) is 91.4 cm³/mol. The van der Waals surface area contributed by atoms with Gasteiger partial charge < -0.3 is 15.3 Å². The summed E-state index contributed by atoms with van der Waals surface area (Å²) >= 11 is 0. The highest BCUT2D eigenvalue weighted by Crippen LogP contribution is 2.45. The zero-order valence-electron chi connectivity index (χ0n) is 14.0. The normalized spacial score (nSPS) is 20.0. The van der Waals surface area contributed by atoms with Gasteiger partial charge in [0, 0.05) is 18.9 Å². The molecule has 0 saturated heterocycles. The second-order valence-corrected chi connectivity index (χ2v) is 5.78. The smallest absolute Gasteiger partial charge is 0.218 e. The van der Waals surface area contributed by atoms with Crippen molar-refractivity contribution >= 4 is 11.5 Å². The van der Waals surface area contributed by atoms with Crippen molar-refractivity contribution < 1.29 is 9.94 Å². The first kappa shape index (κ1) is 16.2. The molecule has 7 nitrogen and oxygen atoms in total. The second-order valence-electron chi connectivity index (χ2n) is 5.78. The van der Waals surface area contributed by atoms with Gasteiger partial charge >= 0.3 is 0 Å². The van der Waals surface area contributed by atoms with Crippen LogP contribution in [0.2, 0.25) is 0 Å². The second kappa shape index (κ2) is 6.45. The van der Waals surface area contributed by atoms with Crippen LogP contribution in [0.4, 0.5) is 5.82 Å². The van der Waals surface area contributed by atoms with Gasteiger partial charge in [-0.05, 0) is 39.0 Å². The van der Waals surface area contributed by atoms with Gasteiger partial charge in [0.2, 0.25) is 5.60 Å². The number of nitrogens with one attached hydrogen (secondary N) is 1. The molecule has 1 aliphatic rings. The highest BCUT2D eigenvalue weighted by atomic mass is 16.7. The molecule has 2 unspecified atom stereocenters. The minimum absolute atomic E-state index is 0.503. The Morgan fingerprint density at radius 3 is 2.96 bits per heavy atom. The number of hydrogen-bond donors (Lipinski definition) is 2. The van der Waals surface area contributed by atoms with Crippen LogP contribution in [0, 0.1) is 0 Å². The van der Waals surface area contributed by atoms with E-state index in [0.29, 0.717) is 12.2 Å². The van der Waals surface area contributed by atoms with Crippen molar-refractivity contribution in [2.24, 2.45) is 5.16 Å². The summed E-state index contributed by atoms with van der Waals surface area (Å²) in [5.41, 5.74) is 0.775. The lowest BCUT2D eigenvalue weighted by molar-refractivity contribution is -0.101. The average molecular weight is 327 g/mol. The number of anilines is 1. The summed E-state index contributed by atoms with van der Waals surface area (Å²) < 4.78 is 1.81. The van der Waals surface area contributed by atoms with Crippen molar-refractivity contribution in [3.8, 4) is 0 Å². The molecule has 3 heterocycles. The standard InChI is InChI=1S/C17H21N5O2/c1-4-22-16-13(11-20-22)17(8-10-19-16,24-21-12(2)3)15(23)14-7-5-6-9-18-14/h5-11,15,19,23H,4H2,1-3H3. The molecule has 2 aromatic heterocycles. The average Bonchev–Trinajstić information content (AvgIpc) is 3.04.